The molecule has 1 N–H and O–H groups in total. The SMILES string of the molecule is Cc1noc(CCCC(=O)Nc2ccc(CC#N)cc2)n1. The second-order valence-corrected chi connectivity index (χ2v) is 4.67. The lowest BCUT2D eigenvalue weighted by Gasteiger charge is -2.05. The highest BCUT2D eigenvalue weighted by atomic mass is 16.5. The molecule has 6 heteroatoms. The Labute approximate surface area is 122 Å². The van der Waals surface area contributed by atoms with Crippen LogP contribution < -0.4 is 5.32 Å². The Kier molecular flexibility index (Phi) is 5.04. The fraction of sp³-hybridized carbons (Fsp3) is 0.333. The Morgan fingerprint density at radius 2 is 2.14 bits per heavy atom. The van der Waals surface area contributed by atoms with E-state index in [1.54, 1.807) is 19.1 Å². The molecule has 1 heterocycles. The number of carbonyl (C=O) groups is 1. The minimum Gasteiger partial charge on any atom is -0.339 e. The molecule has 0 saturated heterocycles. The number of nitrogens with one attached hydrogen (secondary N) is 1. The number of rotatable bonds is 6. The van der Waals surface area contributed by atoms with E-state index in [1.165, 1.54) is 0 Å². The molecule has 0 aliphatic carbocycles. The molecule has 0 radical (unpaired) electrons. The van der Waals surface area contributed by atoms with E-state index >= 15 is 0 Å². The summed E-state index contributed by atoms with van der Waals surface area (Å²) in [6, 6.07) is 9.34. The lowest BCUT2D eigenvalue weighted by atomic mass is 10.1. The zero-order chi connectivity index (χ0) is 15.1. The third kappa shape index (κ3) is 4.73. The monoisotopic (exact) mass is 284 g/mol. The minimum absolute atomic E-state index is 0.0562. The van der Waals surface area contributed by atoms with Crippen molar-refractivity contribution in [1.29, 1.82) is 5.26 Å². The van der Waals surface area contributed by atoms with Gasteiger partial charge in [-0.2, -0.15) is 10.2 Å². The highest BCUT2D eigenvalue weighted by molar-refractivity contribution is 5.90. The number of hydrogen-bond donors (Lipinski definition) is 1. The zero-order valence-corrected chi connectivity index (χ0v) is 11.8. The van der Waals surface area contributed by atoms with E-state index in [2.05, 4.69) is 21.5 Å². The van der Waals surface area contributed by atoms with Gasteiger partial charge in [-0.3, -0.25) is 4.79 Å². The van der Waals surface area contributed by atoms with E-state index in [-0.39, 0.29) is 5.91 Å². The summed E-state index contributed by atoms with van der Waals surface area (Å²) in [7, 11) is 0. The van der Waals surface area contributed by atoms with Crippen LogP contribution in [0, 0.1) is 18.3 Å². The Balaban J connectivity index is 1.75. The van der Waals surface area contributed by atoms with E-state index in [9.17, 15) is 4.79 Å². The summed E-state index contributed by atoms with van der Waals surface area (Å²) in [4.78, 5) is 15.9. The molecule has 0 spiro atoms. The molecule has 108 valence electrons. The second kappa shape index (κ2) is 7.20. The predicted molar refractivity (Wildman–Crippen MR) is 76.4 cm³/mol. The molecule has 1 aromatic carbocycles. The molecule has 21 heavy (non-hydrogen) atoms. The van der Waals surface area contributed by atoms with Gasteiger partial charge in [0.2, 0.25) is 11.8 Å². The van der Waals surface area contributed by atoms with E-state index in [4.69, 9.17) is 9.78 Å². The molecule has 0 unspecified atom stereocenters. The van der Waals surface area contributed by atoms with Crippen LogP contribution in [0.25, 0.3) is 0 Å². The van der Waals surface area contributed by atoms with Gasteiger partial charge in [-0.1, -0.05) is 17.3 Å². The number of benzene rings is 1. The maximum Gasteiger partial charge on any atom is 0.226 e. The molecule has 0 saturated carbocycles. The van der Waals surface area contributed by atoms with Gasteiger partial charge in [-0.25, -0.2) is 0 Å². The first-order valence-corrected chi connectivity index (χ1v) is 6.72. The number of aromatic nitrogens is 2. The van der Waals surface area contributed by atoms with Gasteiger partial charge in [0, 0.05) is 18.5 Å². The van der Waals surface area contributed by atoms with Crippen molar-refractivity contribution in [1.82, 2.24) is 10.1 Å². The van der Waals surface area contributed by atoms with Gasteiger partial charge in [0.25, 0.3) is 0 Å². The molecule has 0 bridgehead atoms. The van der Waals surface area contributed by atoms with Gasteiger partial charge in [-0.15, -0.1) is 0 Å². The van der Waals surface area contributed by atoms with Crippen molar-refractivity contribution < 1.29 is 9.32 Å². The van der Waals surface area contributed by atoms with Crippen molar-refractivity contribution in [2.75, 3.05) is 5.32 Å². The smallest absolute Gasteiger partial charge is 0.226 e. The molecule has 6 nitrogen and oxygen atoms in total. The van der Waals surface area contributed by atoms with E-state index in [0.717, 1.165) is 11.3 Å². The van der Waals surface area contributed by atoms with Crippen LogP contribution in [-0.4, -0.2) is 16.0 Å². The summed E-state index contributed by atoms with van der Waals surface area (Å²) in [6.45, 7) is 1.76. The van der Waals surface area contributed by atoms with Crippen molar-refractivity contribution in [3.63, 3.8) is 0 Å². The summed E-state index contributed by atoms with van der Waals surface area (Å²) >= 11 is 0. The Morgan fingerprint density at radius 3 is 2.76 bits per heavy atom. The lowest BCUT2D eigenvalue weighted by Crippen LogP contribution is -2.11. The van der Waals surface area contributed by atoms with Gasteiger partial charge in [0.05, 0.1) is 12.5 Å². The number of hydrogen-bond acceptors (Lipinski definition) is 5. The van der Waals surface area contributed by atoms with E-state index in [0.29, 0.717) is 37.4 Å². The molecular weight excluding hydrogens is 268 g/mol. The average Bonchev–Trinajstić information content (AvgIpc) is 2.87. The number of nitrogens with zero attached hydrogens (tertiary/aromatic N) is 3. The zero-order valence-electron chi connectivity index (χ0n) is 11.8. The summed E-state index contributed by atoms with van der Waals surface area (Å²) in [6.07, 6.45) is 2.01. The van der Waals surface area contributed by atoms with Gasteiger partial charge in [-0.05, 0) is 31.0 Å². The summed E-state index contributed by atoms with van der Waals surface area (Å²) in [5.41, 5.74) is 1.66. The third-order valence-electron chi connectivity index (χ3n) is 2.88. The largest absolute Gasteiger partial charge is 0.339 e. The lowest BCUT2D eigenvalue weighted by molar-refractivity contribution is -0.116. The van der Waals surface area contributed by atoms with Crippen LogP contribution in [-0.2, 0) is 17.6 Å². The number of amides is 1. The molecule has 1 amide bonds. The average molecular weight is 284 g/mol. The summed E-state index contributed by atoms with van der Waals surface area (Å²) in [5.74, 6) is 1.10. The van der Waals surface area contributed by atoms with Gasteiger partial charge in [0.15, 0.2) is 5.82 Å². The Morgan fingerprint density at radius 1 is 1.38 bits per heavy atom. The number of aryl methyl sites for hydroxylation is 2. The highest BCUT2D eigenvalue weighted by Crippen LogP contribution is 2.11. The third-order valence-corrected chi connectivity index (χ3v) is 2.88. The molecule has 2 aromatic rings. The summed E-state index contributed by atoms with van der Waals surface area (Å²) < 4.78 is 4.98. The molecule has 1 aromatic heterocycles. The van der Waals surface area contributed by atoms with Gasteiger partial charge >= 0.3 is 0 Å². The molecular formula is C15H16N4O2. The van der Waals surface area contributed by atoms with Crippen molar-refractivity contribution in [3.05, 3.63) is 41.5 Å². The van der Waals surface area contributed by atoms with Crippen LogP contribution in [0.4, 0.5) is 5.69 Å². The first kappa shape index (κ1) is 14.7. The van der Waals surface area contributed by atoms with E-state index < -0.39 is 0 Å². The normalized spacial score (nSPS) is 10.1. The quantitative estimate of drug-likeness (QED) is 0.879. The predicted octanol–water partition coefficient (Wildman–Crippen LogP) is 2.41. The van der Waals surface area contributed by atoms with Crippen LogP contribution in [0.3, 0.4) is 0 Å². The fourth-order valence-electron chi connectivity index (χ4n) is 1.86. The standard InChI is InChI=1S/C15H16N4O2/c1-11-17-15(21-19-11)4-2-3-14(20)18-13-7-5-12(6-8-13)9-10-16/h5-8H,2-4,9H2,1H3,(H,18,20). The van der Waals surface area contributed by atoms with Crippen LogP contribution in [0.2, 0.25) is 0 Å². The maximum atomic E-state index is 11.8. The highest BCUT2D eigenvalue weighted by Gasteiger charge is 2.06. The molecule has 2 rings (SSSR count). The van der Waals surface area contributed by atoms with Crippen molar-refractivity contribution in [3.8, 4) is 6.07 Å². The second-order valence-electron chi connectivity index (χ2n) is 4.67. The summed E-state index contributed by atoms with van der Waals surface area (Å²) in [5, 5.41) is 15.1. The van der Waals surface area contributed by atoms with Gasteiger partial charge in [0.1, 0.15) is 0 Å². The number of carbonyl (C=O) groups excluding carboxylic acids is 1. The van der Waals surface area contributed by atoms with Crippen molar-refractivity contribution in [2.45, 2.75) is 32.6 Å². The Hall–Kier alpha value is -2.68. The van der Waals surface area contributed by atoms with Crippen molar-refractivity contribution in [2.24, 2.45) is 0 Å². The number of anilines is 1. The minimum atomic E-state index is -0.0562. The van der Waals surface area contributed by atoms with Crippen LogP contribution in [0.15, 0.2) is 28.8 Å². The molecule has 0 aliphatic heterocycles. The Bertz CT molecular complexity index is 640. The van der Waals surface area contributed by atoms with Crippen LogP contribution in [0.5, 0.6) is 0 Å². The molecule has 0 aliphatic rings. The van der Waals surface area contributed by atoms with Gasteiger partial charge < -0.3 is 9.84 Å². The number of nitriles is 1. The molecule has 0 atom stereocenters. The first-order valence-electron chi connectivity index (χ1n) is 6.72. The fourth-order valence-corrected chi connectivity index (χ4v) is 1.86. The van der Waals surface area contributed by atoms with Crippen LogP contribution >= 0.6 is 0 Å². The van der Waals surface area contributed by atoms with Crippen molar-refractivity contribution >= 4 is 11.6 Å². The molecule has 0 fully saturated rings. The first-order chi connectivity index (χ1) is 10.2. The maximum absolute atomic E-state index is 11.8. The van der Waals surface area contributed by atoms with Crippen LogP contribution in [0.1, 0.15) is 30.1 Å². The topological polar surface area (TPSA) is 91.8 Å². The van der Waals surface area contributed by atoms with E-state index in [1.807, 2.05) is 12.1 Å².